The predicted molar refractivity (Wildman–Crippen MR) is 81.8 cm³/mol. The molecule has 0 bridgehead atoms. The summed E-state index contributed by atoms with van der Waals surface area (Å²) in [5.41, 5.74) is 6.69. The van der Waals surface area contributed by atoms with Crippen LogP contribution in [0.4, 0.5) is 4.79 Å². The van der Waals surface area contributed by atoms with Crippen LogP contribution in [0.5, 0.6) is 0 Å². The number of nitrogens with one attached hydrogen (secondary N) is 1. The molecule has 0 atom stereocenters. The number of nitrogens with zero attached hydrogens (tertiary/aromatic N) is 2. The second-order valence-electron chi connectivity index (χ2n) is 4.16. The highest BCUT2D eigenvalue weighted by Gasteiger charge is 2.12. The molecule has 0 saturated carbocycles. The molecule has 0 unspecified atom stereocenters. The van der Waals surface area contributed by atoms with Gasteiger partial charge in [0.1, 0.15) is 0 Å². The van der Waals surface area contributed by atoms with Crippen LogP contribution in [0.3, 0.4) is 0 Å². The molecule has 0 aliphatic heterocycles. The Morgan fingerprint density at radius 1 is 1.48 bits per heavy atom. The number of carbonyl (C=O) groups is 2. The van der Waals surface area contributed by atoms with E-state index in [1.54, 1.807) is 12.4 Å². The average molecular weight is 325 g/mol. The number of hydrogen-bond acceptors (Lipinski definition) is 4. The number of hydrogen-bond donors (Lipinski definition) is 2. The van der Waals surface area contributed by atoms with Crippen molar-refractivity contribution in [2.45, 2.75) is 12.1 Å². The van der Waals surface area contributed by atoms with E-state index in [1.807, 2.05) is 35.0 Å². The summed E-state index contributed by atoms with van der Waals surface area (Å²) in [6, 6.07) is 4.70. The summed E-state index contributed by atoms with van der Waals surface area (Å²) in [6.07, 6.45) is 3.42. The van der Waals surface area contributed by atoms with Gasteiger partial charge in [0.25, 0.3) is 0 Å². The number of nitrogens with two attached hydrogens (primary N) is 1. The minimum atomic E-state index is -0.866. The third-order valence-electron chi connectivity index (χ3n) is 2.70. The Bertz CT molecular complexity index is 687. The van der Waals surface area contributed by atoms with Crippen molar-refractivity contribution in [2.75, 3.05) is 5.75 Å². The van der Waals surface area contributed by atoms with Crippen molar-refractivity contribution in [1.82, 2.24) is 14.9 Å². The highest BCUT2D eigenvalue weighted by molar-refractivity contribution is 7.99. The Balaban J connectivity index is 2.17. The van der Waals surface area contributed by atoms with E-state index in [1.165, 1.54) is 11.8 Å². The number of amides is 3. The average Bonchev–Trinajstić information content (AvgIpc) is 2.87. The van der Waals surface area contributed by atoms with Gasteiger partial charge in [-0.2, -0.15) is 0 Å². The zero-order chi connectivity index (χ0) is 15.4. The molecule has 0 spiro atoms. The van der Waals surface area contributed by atoms with Gasteiger partial charge < -0.3 is 5.73 Å². The molecule has 21 heavy (non-hydrogen) atoms. The maximum absolute atomic E-state index is 11.4. The van der Waals surface area contributed by atoms with E-state index < -0.39 is 11.9 Å². The lowest BCUT2D eigenvalue weighted by atomic mass is 10.2. The highest BCUT2D eigenvalue weighted by Crippen LogP contribution is 2.26. The SMILES string of the molecule is Cc1c(Cl)cccc1-n1ccnc1SCC(=O)NC(N)=O. The van der Waals surface area contributed by atoms with Crippen LogP contribution in [0, 0.1) is 6.92 Å². The third kappa shape index (κ3) is 3.77. The van der Waals surface area contributed by atoms with Crippen molar-refractivity contribution >= 4 is 35.3 Å². The molecule has 2 rings (SSSR count). The van der Waals surface area contributed by atoms with Crippen LogP contribution in [-0.2, 0) is 4.79 Å². The van der Waals surface area contributed by atoms with E-state index in [0.29, 0.717) is 10.2 Å². The summed E-state index contributed by atoms with van der Waals surface area (Å²) < 4.78 is 1.84. The van der Waals surface area contributed by atoms with Gasteiger partial charge in [-0.05, 0) is 24.6 Å². The van der Waals surface area contributed by atoms with Gasteiger partial charge in [-0.1, -0.05) is 29.4 Å². The fraction of sp³-hybridized carbons (Fsp3) is 0.154. The molecule has 0 aliphatic rings. The standard InChI is InChI=1S/C13H13ClN4O2S/c1-8-9(14)3-2-4-10(8)18-6-5-16-13(18)21-7-11(19)17-12(15)20/h2-6H,7H2,1H3,(H3,15,17,19,20). The van der Waals surface area contributed by atoms with Crippen LogP contribution in [0.25, 0.3) is 5.69 Å². The third-order valence-corrected chi connectivity index (χ3v) is 4.08. The summed E-state index contributed by atoms with van der Waals surface area (Å²) in [4.78, 5) is 26.2. The van der Waals surface area contributed by atoms with Crippen molar-refractivity contribution in [2.24, 2.45) is 5.73 Å². The van der Waals surface area contributed by atoms with Crippen LogP contribution >= 0.6 is 23.4 Å². The quantitative estimate of drug-likeness (QED) is 0.843. The van der Waals surface area contributed by atoms with Crippen LogP contribution in [0.15, 0.2) is 35.7 Å². The van der Waals surface area contributed by atoms with Gasteiger partial charge in [0.2, 0.25) is 5.91 Å². The van der Waals surface area contributed by atoms with E-state index >= 15 is 0 Å². The Morgan fingerprint density at radius 2 is 2.24 bits per heavy atom. The van der Waals surface area contributed by atoms with E-state index in [4.69, 9.17) is 17.3 Å². The van der Waals surface area contributed by atoms with Crippen molar-refractivity contribution in [1.29, 1.82) is 0 Å². The Labute approximate surface area is 130 Å². The first-order valence-electron chi connectivity index (χ1n) is 6.00. The summed E-state index contributed by atoms with van der Waals surface area (Å²) >= 11 is 7.31. The number of benzene rings is 1. The number of rotatable bonds is 4. The minimum absolute atomic E-state index is 0.0412. The van der Waals surface area contributed by atoms with Gasteiger partial charge in [0.05, 0.1) is 11.4 Å². The monoisotopic (exact) mass is 324 g/mol. The maximum Gasteiger partial charge on any atom is 0.318 e. The van der Waals surface area contributed by atoms with E-state index in [2.05, 4.69) is 4.98 Å². The lowest BCUT2D eigenvalue weighted by Gasteiger charge is -2.11. The molecular weight excluding hydrogens is 312 g/mol. The van der Waals surface area contributed by atoms with Gasteiger partial charge in [-0.3, -0.25) is 14.7 Å². The summed E-state index contributed by atoms with van der Waals surface area (Å²) in [5, 5.41) is 3.29. The molecule has 2 aromatic rings. The van der Waals surface area contributed by atoms with Crippen molar-refractivity contribution in [3.63, 3.8) is 0 Å². The summed E-state index contributed by atoms with van der Waals surface area (Å²) in [6.45, 7) is 1.91. The zero-order valence-corrected chi connectivity index (χ0v) is 12.7. The minimum Gasteiger partial charge on any atom is -0.351 e. The molecule has 3 N–H and O–H groups in total. The first-order valence-corrected chi connectivity index (χ1v) is 7.36. The van der Waals surface area contributed by atoms with Crippen molar-refractivity contribution in [3.8, 4) is 5.69 Å². The van der Waals surface area contributed by atoms with E-state index in [-0.39, 0.29) is 5.75 Å². The molecule has 1 heterocycles. The van der Waals surface area contributed by atoms with Crippen LogP contribution < -0.4 is 11.1 Å². The van der Waals surface area contributed by atoms with Gasteiger partial charge in [0.15, 0.2) is 5.16 Å². The zero-order valence-electron chi connectivity index (χ0n) is 11.2. The van der Waals surface area contributed by atoms with Gasteiger partial charge >= 0.3 is 6.03 Å². The maximum atomic E-state index is 11.4. The van der Waals surface area contributed by atoms with E-state index in [9.17, 15) is 9.59 Å². The lowest BCUT2D eigenvalue weighted by molar-refractivity contribution is -0.117. The van der Waals surface area contributed by atoms with Crippen LogP contribution in [-0.4, -0.2) is 27.2 Å². The Morgan fingerprint density at radius 3 is 2.95 bits per heavy atom. The number of halogens is 1. The largest absolute Gasteiger partial charge is 0.351 e. The first kappa shape index (κ1) is 15.4. The normalized spacial score (nSPS) is 10.4. The molecule has 8 heteroatoms. The molecule has 6 nitrogen and oxygen atoms in total. The van der Waals surface area contributed by atoms with Crippen molar-refractivity contribution < 1.29 is 9.59 Å². The number of urea groups is 1. The Kier molecular flexibility index (Phi) is 4.87. The summed E-state index contributed by atoms with van der Waals surface area (Å²) in [5.74, 6) is -0.426. The van der Waals surface area contributed by atoms with Crippen LogP contribution in [0.2, 0.25) is 5.02 Å². The predicted octanol–water partition coefficient (Wildman–Crippen LogP) is 2.12. The fourth-order valence-corrected chi connectivity index (χ4v) is 2.68. The van der Waals surface area contributed by atoms with Crippen LogP contribution in [0.1, 0.15) is 5.56 Å². The van der Waals surface area contributed by atoms with E-state index in [0.717, 1.165) is 11.3 Å². The van der Waals surface area contributed by atoms with Gasteiger partial charge in [-0.15, -0.1) is 0 Å². The fourth-order valence-electron chi connectivity index (χ4n) is 1.74. The number of imide groups is 1. The van der Waals surface area contributed by atoms with Gasteiger partial charge in [0, 0.05) is 17.4 Å². The second kappa shape index (κ2) is 6.64. The number of primary amides is 1. The molecule has 1 aromatic heterocycles. The van der Waals surface area contributed by atoms with Gasteiger partial charge in [-0.25, -0.2) is 9.78 Å². The molecule has 0 saturated heterocycles. The number of carbonyl (C=O) groups excluding carboxylic acids is 2. The van der Waals surface area contributed by atoms with Crippen molar-refractivity contribution in [3.05, 3.63) is 41.2 Å². The first-order chi connectivity index (χ1) is 9.99. The molecular formula is C13H13ClN4O2S. The summed E-state index contributed by atoms with van der Waals surface area (Å²) in [7, 11) is 0. The molecule has 1 aromatic carbocycles. The number of thioether (sulfide) groups is 1. The smallest absolute Gasteiger partial charge is 0.318 e. The lowest BCUT2D eigenvalue weighted by Crippen LogP contribution is -2.36. The number of imidazole rings is 1. The topological polar surface area (TPSA) is 90.0 Å². The molecule has 0 fully saturated rings. The number of aromatic nitrogens is 2. The molecule has 0 aliphatic carbocycles. The molecule has 0 radical (unpaired) electrons. The second-order valence-corrected chi connectivity index (χ2v) is 5.51. The molecule has 3 amide bonds. The molecule has 110 valence electrons. The highest BCUT2D eigenvalue weighted by atomic mass is 35.5. The Hall–Kier alpha value is -1.99.